The molecule has 0 saturated carbocycles. The second kappa shape index (κ2) is 6.78. The van der Waals surface area contributed by atoms with Crippen LogP contribution in [0.3, 0.4) is 0 Å². The third kappa shape index (κ3) is 3.71. The topological polar surface area (TPSA) is 38.3 Å². The zero-order valence-corrected chi connectivity index (χ0v) is 11.2. The molecule has 19 heavy (non-hydrogen) atoms. The summed E-state index contributed by atoms with van der Waals surface area (Å²) in [5.41, 5.74) is 0. The van der Waals surface area contributed by atoms with E-state index in [1.807, 2.05) is 37.3 Å². The molecule has 0 spiro atoms. The number of hydrogen-bond donors (Lipinski definition) is 1. The van der Waals surface area contributed by atoms with Crippen LogP contribution in [-0.2, 0) is 4.79 Å². The Hall–Kier alpha value is -2.03. The molecule has 1 N–H and O–H groups in total. The third-order valence-electron chi connectivity index (χ3n) is 2.91. The molecule has 0 aliphatic carbocycles. The minimum atomic E-state index is 0.0871. The Kier molecular flexibility index (Phi) is 4.78. The molecular formula is C16H19NO2. The Morgan fingerprint density at radius 2 is 1.95 bits per heavy atom. The summed E-state index contributed by atoms with van der Waals surface area (Å²) in [4.78, 5) is 11.3. The van der Waals surface area contributed by atoms with Crippen molar-refractivity contribution < 1.29 is 9.53 Å². The van der Waals surface area contributed by atoms with Gasteiger partial charge in [0.1, 0.15) is 12.4 Å². The first-order valence-corrected chi connectivity index (χ1v) is 6.68. The number of amides is 1. The van der Waals surface area contributed by atoms with E-state index < -0.39 is 0 Å². The average molecular weight is 257 g/mol. The van der Waals surface area contributed by atoms with E-state index in [1.165, 1.54) is 0 Å². The number of carbonyl (C=O) groups is 1. The van der Waals surface area contributed by atoms with Gasteiger partial charge in [0, 0.05) is 11.8 Å². The van der Waals surface area contributed by atoms with Gasteiger partial charge in [-0.3, -0.25) is 4.79 Å². The van der Waals surface area contributed by atoms with Crippen molar-refractivity contribution in [1.29, 1.82) is 0 Å². The van der Waals surface area contributed by atoms with E-state index in [0.29, 0.717) is 19.6 Å². The Labute approximate surface area is 113 Å². The molecular weight excluding hydrogens is 238 g/mol. The van der Waals surface area contributed by atoms with Gasteiger partial charge in [-0.2, -0.15) is 0 Å². The van der Waals surface area contributed by atoms with Crippen LogP contribution < -0.4 is 10.1 Å². The summed E-state index contributed by atoms with van der Waals surface area (Å²) >= 11 is 0. The molecule has 0 unspecified atom stereocenters. The highest BCUT2D eigenvalue weighted by molar-refractivity contribution is 5.88. The number of rotatable bonds is 6. The standard InChI is InChI=1S/C16H19NO2/c1-2-6-16(18)17-11-12-19-15-10-5-8-13-7-3-4-9-14(13)15/h3-5,7-10H,2,6,11-12H2,1H3,(H,17,18). The maximum Gasteiger partial charge on any atom is 0.220 e. The molecule has 100 valence electrons. The van der Waals surface area contributed by atoms with E-state index in [2.05, 4.69) is 17.4 Å². The number of benzene rings is 2. The number of nitrogens with one attached hydrogen (secondary N) is 1. The van der Waals surface area contributed by atoms with Crippen LogP contribution in [0.4, 0.5) is 0 Å². The van der Waals surface area contributed by atoms with E-state index in [-0.39, 0.29) is 5.91 Å². The van der Waals surface area contributed by atoms with Crippen molar-refractivity contribution in [2.45, 2.75) is 19.8 Å². The predicted molar refractivity (Wildman–Crippen MR) is 77.4 cm³/mol. The van der Waals surface area contributed by atoms with Gasteiger partial charge in [0.2, 0.25) is 5.91 Å². The van der Waals surface area contributed by atoms with Crippen LogP contribution >= 0.6 is 0 Å². The first-order valence-electron chi connectivity index (χ1n) is 6.68. The SMILES string of the molecule is CCCC(=O)NCCOc1cccc2ccccc12. The minimum Gasteiger partial charge on any atom is -0.491 e. The number of carbonyl (C=O) groups excluding carboxylic acids is 1. The summed E-state index contributed by atoms with van der Waals surface area (Å²) in [6, 6.07) is 14.1. The fourth-order valence-corrected chi connectivity index (χ4v) is 1.99. The fourth-order valence-electron chi connectivity index (χ4n) is 1.99. The van der Waals surface area contributed by atoms with Crippen LogP contribution in [0.2, 0.25) is 0 Å². The molecule has 3 heteroatoms. The predicted octanol–water partition coefficient (Wildman–Crippen LogP) is 3.13. The minimum absolute atomic E-state index is 0.0871. The lowest BCUT2D eigenvalue weighted by Gasteiger charge is -2.10. The molecule has 2 aromatic rings. The molecule has 1 amide bonds. The van der Waals surface area contributed by atoms with Crippen molar-refractivity contribution in [1.82, 2.24) is 5.32 Å². The lowest BCUT2D eigenvalue weighted by atomic mass is 10.1. The molecule has 0 aromatic heterocycles. The molecule has 0 fully saturated rings. The van der Waals surface area contributed by atoms with Gasteiger partial charge in [-0.25, -0.2) is 0 Å². The van der Waals surface area contributed by atoms with Gasteiger partial charge in [-0.05, 0) is 17.9 Å². The summed E-state index contributed by atoms with van der Waals surface area (Å²) in [6.45, 7) is 3.03. The molecule has 2 aromatic carbocycles. The van der Waals surface area contributed by atoms with Crippen molar-refractivity contribution in [3.8, 4) is 5.75 Å². The van der Waals surface area contributed by atoms with Crippen LogP contribution in [0.5, 0.6) is 5.75 Å². The third-order valence-corrected chi connectivity index (χ3v) is 2.91. The zero-order chi connectivity index (χ0) is 13.5. The largest absolute Gasteiger partial charge is 0.491 e. The summed E-state index contributed by atoms with van der Waals surface area (Å²) in [6.07, 6.45) is 1.45. The molecule has 0 saturated heterocycles. The van der Waals surface area contributed by atoms with Crippen molar-refractivity contribution in [2.24, 2.45) is 0 Å². The molecule has 0 heterocycles. The van der Waals surface area contributed by atoms with Gasteiger partial charge in [0.15, 0.2) is 0 Å². The van der Waals surface area contributed by atoms with Gasteiger partial charge in [-0.1, -0.05) is 43.3 Å². The number of hydrogen-bond acceptors (Lipinski definition) is 2. The first-order chi connectivity index (χ1) is 9.31. The monoisotopic (exact) mass is 257 g/mol. The lowest BCUT2D eigenvalue weighted by molar-refractivity contribution is -0.121. The van der Waals surface area contributed by atoms with Gasteiger partial charge < -0.3 is 10.1 Å². The Bertz CT molecular complexity index is 546. The van der Waals surface area contributed by atoms with Crippen molar-refractivity contribution in [2.75, 3.05) is 13.2 Å². The van der Waals surface area contributed by atoms with Crippen LogP contribution in [0.1, 0.15) is 19.8 Å². The van der Waals surface area contributed by atoms with Gasteiger partial charge in [0.25, 0.3) is 0 Å². The van der Waals surface area contributed by atoms with Crippen molar-refractivity contribution >= 4 is 16.7 Å². The molecule has 0 aliphatic heterocycles. The second-order valence-electron chi connectivity index (χ2n) is 4.43. The quantitative estimate of drug-likeness (QED) is 0.807. The van der Waals surface area contributed by atoms with Crippen LogP contribution in [0, 0.1) is 0 Å². The van der Waals surface area contributed by atoms with E-state index in [9.17, 15) is 4.79 Å². The molecule has 0 aliphatic rings. The number of ether oxygens (including phenoxy) is 1. The lowest BCUT2D eigenvalue weighted by Crippen LogP contribution is -2.27. The van der Waals surface area contributed by atoms with E-state index >= 15 is 0 Å². The highest BCUT2D eigenvalue weighted by Crippen LogP contribution is 2.24. The normalized spacial score (nSPS) is 10.4. The molecule has 0 bridgehead atoms. The van der Waals surface area contributed by atoms with Gasteiger partial charge in [0.05, 0.1) is 6.54 Å². The molecule has 2 rings (SSSR count). The maximum absolute atomic E-state index is 11.3. The van der Waals surface area contributed by atoms with Gasteiger partial charge >= 0.3 is 0 Å². The zero-order valence-electron chi connectivity index (χ0n) is 11.2. The molecule has 0 radical (unpaired) electrons. The van der Waals surface area contributed by atoms with Gasteiger partial charge in [-0.15, -0.1) is 0 Å². The maximum atomic E-state index is 11.3. The fraction of sp³-hybridized carbons (Fsp3) is 0.312. The summed E-state index contributed by atoms with van der Waals surface area (Å²) in [5, 5.41) is 5.10. The first kappa shape index (κ1) is 13.4. The van der Waals surface area contributed by atoms with E-state index in [1.54, 1.807) is 0 Å². The molecule has 3 nitrogen and oxygen atoms in total. The summed E-state index contributed by atoms with van der Waals surface area (Å²) in [7, 11) is 0. The molecule has 0 atom stereocenters. The highest BCUT2D eigenvalue weighted by Gasteiger charge is 2.02. The van der Waals surface area contributed by atoms with E-state index in [0.717, 1.165) is 22.9 Å². The Morgan fingerprint density at radius 3 is 2.79 bits per heavy atom. The number of fused-ring (bicyclic) bond motifs is 1. The Morgan fingerprint density at radius 1 is 1.16 bits per heavy atom. The average Bonchev–Trinajstić information content (AvgIpc) is 2.44. The van der Waals surface area contributed by atoms with Crippen LogP contribution in [0.15, 0.2) is 42.5 Å². The van der Waals surface area contributed by atoms with E-state index in [4.69, 9.17) is 4.74 Å². The van der Waals surface area contributed by atoms with Crippen LogP contribution in [0.25, 0.3) is 10.8 Å². The van der Waals surface area contributed by atoms with Crippen LogP contribution in [-0.4, -0.2) is 19.1 Å². The smallest absolute Gasteiger partial charge is 0.220 e. The van der Waals surface area contributed by atoms with Crippen molar-refractivity contribution in [3.05, 3.63) is 42.5 Å². The highest BCUT2D eigenvalue weighted by atomic mass is 16.5. The second-order valence-corrected chi connectivity index (χ2v) is 4.43. The summed E-state index contributed by atoms with van der Waals surface area (Å²) < 4.78 is 5.73. The Balaban J connectivity index is 1.90. The van der Waals surface area contributed by atoms with Crippen molar-refractivity contribution in [3.63, 3.8) is 0 Å². The summed E-state index contributed by atoms with van der Waals surface area (Å²) in [5.74, 6) is 0.951.